The summed E-state index contributed by atoms with van der Waals surface area (Å²) in [6.07, 6.45) is 1.76. The van der Waals surface area contributed by atoms with Gasteiger partial charge in [-0.3, -0.25) is 5.10 Å². The minimum Gasteiger partial charge on any atom is -0.357 e. The van der Waals surface area contributed by atoms with E-state index in [1.54, 1.807) is 24.6 Å². The third kappa shape index (κ3) is 1.66. The molecule has 0 saturated heterocycles. The summed E-state index contributed by atoms with van der Waals surface area (Å²) in [6, 6.07) is 4.17. The Kier molecular flexibility index (Phi) is 2.29. The van der Waals surface area contributed by atoms with Crippen LogP contribution in [0.3, 0.4) is 0 Å². The van der Waals surface area contributed by atoms with Crippen LogP contribution in [-0.4, -0.2) is 27.2 Å². The van der Waals surface area contributed by atoms with E-state index in [1.807, 2.05) is 0 Å². The molecule has 0 aliphatic rings. The maximum atomic E-state index is 4.50. The molecule has 0 bridgehead atoms. The van der Waals surface area contributed by atoms with Gasteiger partial charge < -0.3 is 5.32 Å². The first-order valence-electron chi connectivity index (χ1n) is 5.23. The van der Waals surface area contributed by atoms with Crippen LogP contribution in [0.4, 0.5) is 5.95 Å². The third-order valence-electron chi connectivity index (χ3n) is 2.51. The molecular weight excluding hydrogens is 234 g/mol. The number of nitrogens with zero attached hydrogens (tertiary/aromatic N) is 3. The number of rotatable bonds is 2. The molecule has 3 aromatic rings. The highest BCUT2D eigenvalue weighted by Gasteiger charge is 2.12. The number of fused-ring (bicyclic) bond motifs is 1. The molecule has 0 saturated carbocycles. The SMILES string of the molecule is CNc1nc(-c2ccc(C)s2)c2cn[nH]c2n1. The lowest BCUT2D eigenvalue weighted by molar-refractivity contribution is 1.09. The highest BCUT2D eigenvalue weighted by Crippen LogP contribution is 2.31. The minimum absolute atomic E-state index is 0.600. The minimum atomic E-state index is 0.600. The molecule has 0 spiro atoms. The topological polar surface area (TPSA) is 66.5 Å². The average molecular weight is 245 g/mol. The van der Waals surface area contributed by atoms with Gasteiger partial charge in [0.15, 0.2) is 5.65 Å². The molecule has 86 valence electrons. The van der Waals surface area contributed by atoms with Crippen LogP contribution in [0.15, 0.2) is 18.3 Å². The molecule has 17 heavy (non-hydrogen) atoms. The lowest BCUT2D eigenvalue weighted by Crippen LogP contribution is -1.97. The summed E-state index contributed by atoms with van der Waals surface area (Å²) in [5, 5.41) is 10.8. The Labute approximate surface area is 102 Å². The predicted octanol–water partition coefficient (Wildman–Crippen LogP) is 2.43. The second-order valence-corrected chi connectivity index (χ2v) is 4.98. The Morgan fingerprint density at radius 2 is 2.18 bits per heavy atom. The second kappa shape index (κ2) is 3.81. The molecule has 0 aliphatic carbocycles. The van der Waals surface area contributed by atoms with E-state index in [-0.39, 0.29) is 0 Å². The molecular formula is C11H11N5S. The standard InChI is InChI=1S/C11H11N5S/c1-6-3-4-8(17-6)9-7-5-13-16-10(7)15-11(12-2)14-9/h3-5H,1-2H3,(H2,12,13,14,15,16). The number of thiophene rings is 1. The summed E-state index contributed by atoms with van der Waals surface area (Å²) in [7, 11) is 1.81. The van der Waals surface area contributed by atoms with E-state index in [4.69, 9.17) is 0 Å². The van der Waals surface area contributed by atoms with Crippen molar-refractivity contribution in [2.24, 2.45) is 0 Å². The molecule has 0 amide bonds. The smallest absolute Gasteiger partial charge is 0.225 e. The first-order chi connectivity index (χ1) is 8.28. The van der Waals surface area contributed by atoms with E-state index in [0.29, 0.717) is 5.95 Å². The fourth-order valence-electron chi connectivity index (χ4n) is 1.70. The Hall–Kier alpha value is -1.95. The third-order valence-corrected chi connectivity index (χ3v) is 3.51. The number of anilines is 1. The Balaban J connectivity index is 2.29. The zero-order valence-electron chi connectivity index (χ0n) is 9.48. The van der Waals surface area contributed by atoms with Crippen LogP contribution < -0.4 is 5.32 Å². The van der Waals surface area contributed by atoms with Gasteiger partial charge in [-0.15, -0.1) is 11.3 Å². The van der Waals surface area contributed by atoms with Crippen molar-refractivity contribution >= 4 is 28.3 Å². The van der Waals surface area contributed by atoms with Crippen molar-refractivity contribution in [3.63, 3.8) is 0 Å². The van der Waals surface area contributed by atoms with Crippen LogP contribution in [0.5, 0.6) is 0 Å². The van der Waals surface area contributed by atoms with Gasteiger partial charge in [-0.05, 0) is 19.1 Å². The first kappa shape index (κ1) is 10.2. The highest BCUT2D eigenvalue weighted by atomic mass is 32.1. The molecule has 6 heteroatoms. The van der Waals surface area contributed by atoms with Crippen LogP contribution in [0.1, 0.15) is 4.88 Å². The quantitative estimate of drug-likeness (QED) is 0.727. The molecule has 0 atom stereocenters. The molecule has 3 aromatic heterocycles. The monoisotopic (exact) mass is 245 g/mol. The lowest BCUT2D eigenvalue weighted by Gasteiger charge is -2.02. The lowest BCUT2D eigenvalue weighted by atomic mass is 10.2. The maximum Gasteiger partial charge on any atom is 0.225 e. The summed E-state index contributed by atoms with van der Waals surface area (Å²) < 4.78 is 0. The molecule has 3 rings (SSSR count). The second-order valence-electron chi connectivity index (χ2n) is 3.69. The molecule has 0 aromatic carbocycles. The van der Waals surface area contributed by atoms with Crippen LogP contribution >= 0.6 is 11.3 Å². The van der Waals surface area contributed by atoms with Gasteiger partial charge in [0.25, 0.3) is 0 Å². The van der Waals surface area contributed by atoms with Crippen molar-refractivity contribution in [3.8, 4) is 10.6 Å². The molecule has 0 radical (unpaired) electrons. The number of hydrogen-bond donors (Lipinski definition) is 2. The van der Waals surface area contributed by atoms with Gasteiger partial charge in [0.2, 0.25) is 5.95 Å². The van der Waals surface area contributed by atoms with Gasteiger partial charge >= 0.3 is 0 Å². The molecule has 3 heterocycles. The van der Waals surface area contributed by atoms with Gasteiger partial charge in [-0.2, -0.15) is 10.1 Å². The number of aromatic nitrogens is 4. The number of hydrogen-bond acceptors (Lipinski definition) is 5. The number of H-pyrrole nitrogens is 1. The zero-order valence-corrected chi connectivity index (χ0v) is 10.3. The fraction of sp³-hybridized carbons (Fsp3) is 0.182. The van der Waals surface area contributed by atoms with E-state index in [2.05, 4.69) is 44.5 Å². The van der Waals surface area contributed by atoms with Crippen molar-refractivity contribution in [1.82, 2.24) is 20.2 Å². The van der Waals surface area contributed by atoms with Crippen molar-refractivity contribution in [2.75, 3.05) is 12.4 Å². The van der Waals surface area contributed by atoms with E-state index in [1.165, 1.54) is 4.88 Å². The molecule has 0 aliphatic heterocycles. The van der Waals surface area contributed by atoms with Crippen molar-refractivity contribution in [3.05, 3.63) is 23.2 Å². The van der Waals surface area contributed by atoms with Gasteiger partial charge in [0, 0.05) is 11.9 Å². The van der Waals surface area contributed by atoms with E-state index in [0.717, 1.165) is 21.6 Å². The van der Waals surface area contributed by atoms with Crippen molar-refractivity contribution in [1.29, 1.82) is 0 Å². The van der Waals surface area contributed by atoms with Crippen LogP contribution in [0.2, 0.25) is 0 Å². The predicted molar refractivity (Wildman–Crippen MR) is 69.3 cm³/mol. The van der Waals surface area contributed by atoms with Gasteiger partial charge in [0.1, 0.15) is 0 Å². The Bertz CT molecular complexity index is 669. The highest BCUT2D eigenvalue weighted by molar-refractivity contribution is 7.15. The van der Waals surface area contributed by atoms with Crippen molar-refractivity contribution in [2.45, 2.75) is 6.92 Å². The number of aryl methyl sites for hydroxylation is 1. The largest absolute Gasteiger partial charge is 0.357 e. The Morgan fingerprint density at radius 3 is 2.88 bits per heavy atom. The van der Waals surface area contributed by atoms with Gasteiger partial charge in [-0.25, -0.2) is 4.98 Å². The molecule has 2 N–H and O–H groups in total. The summed E-state index contributed by atoms with van der Waals surface area (Å²) in [6.45, 7) is 2.08. The van der Waals surface area contributed by atoms with Crippen LogP contribution in [0.25, 0.3) is 21.6 Å². The average Bonchev–Trinajstić information content (AvgIpc) is 2.95. The fourth-order valence-corrected chi connectivity index (χ4v) is 2.57. The summed E-state index contributed by atoms with van der Waals surface area (Å²) >= 11 is 1.72. The Morgan fingerprint density at radius 1 is 1.29 bits per heavy atom. The molecule has 0 fully saturated rings. The summed E-state index contributed by atoms with van der Waals surface area (Å²) in [5.41, 5.74) is 1.68. The maximum absolute atomic E-state index is 4.50. The van der Waals surface area contributed by atoms with Crippen LogP contribution in [0, 0.1) is 6.92 Å². The first-order valence-corrected chi connectivity index (χ1v) is 6.05. The zero-order chi connectivity index (χ0) is 11.8. The number of aromatic amines is 1. The van der Waals surface area contributed by atoms with Crippen LogP contribution in [-0.2, 0) is 0 Å². The summed E-state index contributed by atoms with van der Waals surface area (Å²) in [5.74, 6) is 0.600. The molecule has 5 nitrogen and oxygen atoms in total. The van der Waals surface area contributed by atoms with Gasteiger partial charge in [0.05, 0.1) is 22.2 Å². The van der Waals surface area contributed by atoms with Gasteiger partial charge in [-0.1, -0.05) is 0 Å². The normalized spacial score (nSPS) is 10.9. The van der Waals surface area contributed by atoms with Crippen molar-refractivity contribution < 1.29 is 0 Å². The number of nitrogens with one attached hydrogen (secondary N) is 2. The molecule has 0 unspecified atom stereocenters. The van der Waals surface area contributed by atoms with E-state index in [9.17, 15) is 0 Å². The summed E-state index contributed by atoms with van der Waals surface area (Å²) in [4.78, 5) is 11.2. The van der Waals surface area contributed by atoms with E-state index < -0.39 is 0 Å². The van der Waals surface area contributed by atoms with E-state index >= 15 is 0 Å².